The van der Waals surface area contributed by atoms with E-state index in [9.17, 15) is 4.39 Å². The van der Waals surface area contributed by atoms with E-state index in [1.165, 1.54) is 6.07 Å². The fraction of sp³-hybridized carbons (Fsp3) is 0.417. The number of rotatable bonds is 3. The van der Waals surface area contributed by atoms with Gasteiger partial charge in [-0.15, -0.1) is 0 Å². The summed E-state index contributed by atoms with van der Waals surface area (Å²) >= 11 is 5.74. The number of hydrogen-bond donors (Lipinski definition) is 2. The first-order chi connectivity index (χ1) is 8.58. The Labute approximate surface area is 110 Å². The van der Waals surface area contributed by atoms with Crippen molar-refractivity contribution in [2.24, 2.45) is 5.73 Å². The van der Waals surface area contributed by atoms with Crippen molar-refractivity contribution in [3.05, 3.63) is 34.6 Å². The Kier molecular flexibility index (Phi) is 4.16. The summed E-state index contributed by atoms with van der Waals surface area (Å²) in [5, 5.41) is 7.49. The zero-order valence-electron chi connectivity index (χ0n) is 9.83. The average Bonchev–Trinajstić information content (AvgIpc) is 2.35. The summed E-state index contributed by atoms with van der Waals surface area (Å²) in [5.41, 5.74) is 5.96. The van der Waals surface area contributed by atoms with Gasteiger partial charge in [0.05, 0.1) is 11.6 Å². The molecule has 4 nitrogen and oxygen atoms in total. The first-order valence-corrected chi connectivity index (χ1v) is 6.06. The van der Waals surface area contributed by atoms with Crippen molar-refractivity contribution in [3.8, 4) is 0 Å². The summed E-state index contributed by atoms with van der Waals surface area (Å²) in [5.74, 6) is -0.378. The van der Waals surface area contributed by atoms with Crippen LogP contribution in [0, 0.1) is 11.2 Å². The Bertz CT molecular complexity index is 455. The predicted molar refractivity (Wildman–Crippen MR) is 68.3 cm³/mol. The van der Waals surface area contributed by atoms with Gasteiger partial charge in [0.1, 0.15) is 17.8 Å². The molecule has 3 N–H and O–H groups in total. The summed E-state index contributed by atoms with van der Waals surface area (Å²) < 4.78 is 19.1. The lowest BCUT2D eigenvalue weighted by Crippen LogP contribution is -2.47. The molecule has 1 saturated heterocycles. The van der Waals surface area contributed by atoms with Gasteiger partial charge in [-0.05, 0) is 6.07 Å². The zero-order chi connectivity index (χ0) is 13.1. The maximum atomic E-state index is 13.8. The molecule has 1 aromatic rings. The third-order valence-corrected chi connectivity index (χ3v) is 3.21. The summed E-state index contributed by atoms with van der Waals surface area (Å²) in [6, 6.07) is 4.96. The van der Waals surface area contributed by atoms with Gasteiger partial charge in [0.25, 0.3) is 0 Å². The topological polar surface area (TPSA) is 62.3 Å². The molecule has 1 heterocycles. The van der Waals surface area contributed by atoms with Crippen LogP contribution in [0.1, 0.15) is 5.56 Å². The summed E-state index contributed by atoms with van der Waals surface area (Å²) in [7, 11) is 0. The van der Waals surface area contributed by atoms with Gasteiger partial charge < -0.3 is 10.5 Å². The standard InChI is InChI=1S/C12H15ClFN3O/c13-9-3-1-2-8(11(9)14)6-17-4-5-18-10(7-17)12(15)16/h1-3,10H,4-7H2,(H3,15,16). The third-order valence-electron chi connectivity index (χ3n) is 2.92. The zero-order valence-corrected chi connectivity index (χ0v) is 10.6. The molecule has 0 radical (unpaired) electrons. The number of nitrogens with two attached hydrogens (primary N) is 1. The van der Waals surface area contributed by atoms with Gasteiger partial charge in [-0.25, -0.2) is 4.39 Å². The van der Waals surface area contributed by atoms with E-state index in [2.05, 4.69) is 0 Å². The Hall–Kier alpha value is -1.17. The van der Waals surface area contributed by atoms with Gasteiger partial charge in [0, 0.05) is 25.2 Å². The lowest BCUT2D eigenvalue weighted by atomic mass is 10.1. The molecule has 0 saturated carbocycles. The number of morpholine rings is 1. The Morgan fingerprint density at radius 3 is 3.11 bits per heavy atom. The van der Waals surface area contributed by atoms with E-state index < -0.39 is 6.10 Å². The second-order valence-electron chi connectivity index (χ2n) is 4.26. The first-order valence-electron chi connectivity index (χ1n) is 5.68. The van der Waals surface area contributed by atoms with Gasteiger partial charge in [0.15, 0.2) is 0 Å². The molecule has 1 unspecified atom stereocenters. The van der Waals surface area contributed by atoms with Gasteiger partial charge >= 0.3 is 0 Å². The second-order valence-corrected chi connectivity index (χ2v) is 4.67. The van der Waals surface area contributed by atoms with Crippen LogP contribution in [0.2, 0.25) is 5.02 Å². The SMILES string of the molecule is N=C(N)C1CN(Cc2cccc(Cl)c2F)CCO1. The molecule has 0 aromatic heterocycles. The van der Waals surface area contributed by atoms with Crippen LogP contribution in [0.4, 0.5) is 4.39 Å². The summed E-state index contributed by atoms with van der Waals surface area (Å²) in [6.45, 7) is 2.13. The number of hydrogen-bond acceptors (Lipinski definition) is 3. The van der Waals surface area contributed by atoms with Crippen LogP contribution < -0.4 is 5.73 Å². The number of ether oxygens (including phenoxy) is 1. The van der Waals surface area contributed by atoms with Crippen LogP contribution in [0.5, 0.6) is 0 Å². The molecule has 0 aliphatic carbocycles. The molecule has 1 aromatic carbocycles. The highest BCUT2D eigenvalue weighted by atomic mass is 35.5. The van der Waals surface area contributed by atoms with Crippen LogP contribution in [0.25, 0.3) is 0 Å². The minimum atomic E-state index is -0.402. The lowest BCUT2D eigenvalue weighted by Gasteiger charge is -2.32. The van der Waals surface area contributed by atoms with Crippen LogP contribution in [0.15, 0.2) is 18.2 Å². The maximum absolute atomic E-state index is 13.8. The number of benzene rings is 1. The molecule has 18 heavy (non-hydrogen) atoms. The average molecular weight is 272 g/mol. The predicted octanol–water partition coefficient (Wildman–Crippen LogP) is 1.62. The Morgan fingerprint density at radius 2 is 2.39 bits per heavy atom. The highest BCUT2D eigenvalue weighted by Crippen LogP contribution is 2.20. The number of halogens is 2. The van der Waals surface area contributed by atoms with Crippen LogP contribution >= 0.6 is 11.6 Å². The van der Waals surface area contributed by atoms with E-state index in [-0.39, 0.29) is 16.7 Å². The molecule has 1 aliphatic rings. The van der Waals surface area contributed by atoms with Crippen molar-refractivity contribution in [2.45, 2.75) is 12.6 Å². The van der Waals surface area contributed by atoms with Crippen molar-refractivity contribution >= 4 is 17.4 Å². The molecule has 98 valence electrons. The van der Waals surface area contributed by atoms with E-state index >= 15 is 0 Å². The molecule has 0 amide bonds. The molecule has 6 heteroatoms. The number of nitrogens with one attached hydrogen (secondary N) is 1. The fourth-order valence-corrected chi connectivity index (χ4v) is 2.14. The van der Waals surface area contributed by atoms with Gasteiger partial charge in [-0.3, -0.25) is 10.3 Å². The van der Waals surface area contributed by atoms with Crippen molar-refractivity contribution in [3.63, 3.8) is 0 Å². The summed E-state index contributed by atoms with van der Waals surface area (Å²) in [6.07, 6.45) is -0.402. The molecular weight excluding hydrogens is 257 g/mol. The molecule has 1 fully saturated rings. The highest BCUT2D eigenvalue weighted by molar-refractivity contribution is 6.30. The monoisotopic (exact) mass is 271 g/mol. The normalized spacial score (nSPS) is 20.9. The quantitative estimate of drug-likeness (QED) is 0.649. The van der Waals surface area contributed by atoms with Crippen LogP contribution in [-0.4, -0.2) is 36.5 Å². The first kappa shape index (κ1) is 13.3. The smallest absolute Gasteiger partial charge is 0.146 e. The summed E-state index contributed by atoms with van der Waals surface area (Å²) in [4.78, 5) is 2.00. The minimum Gasteiger partial charge on any atom is -0.385 e. The lowest BCUT2D eigenvalue weighted by molar-refractivity contribution is 0.00200. The third kappa shape index (κ3) is 2.98. The largest absolute Gasteiger partial charge is 0.385 e. The van der Waals surface area contributed by atoms with Crippen molar-refractivity contribution in [2.75, 3.05) is 19.7 Å². The van der Waals surface area contributed by atoms with Gasteiger partial charge in [0.2, 0.25) is 0 Å². The molecular formula is C12H15ClFN3O. The van der Waals surface area contributed by atoms with Crippen molar-refractivity contribution in [1.29, 1.82) is 5.41 Å². The Balaban J connectivity index is 2.05. The van der Waals surface area contributed by atoms with E-state index in [0.717, 1.165) is 0 Å². The maximum Gasteiger partial charge on any atom is 0.146 e. The number of amidine groups is 1. The molecule has 0 bridgehead atoms. The van der Waals surface area contributed by atoms with Crippen LogP contribution in [-0.2, 0) is 11.3 Å². The van der Waals surface area contributed by atoms with Gasteiger partial charge in [-0.2, -0.15) is 0 Å². The van der Waals surface area contributed by atoms with E-state index in [1.807, 2.05) is 4.90 Å². The number of nitrogens with zero attached hydrogens (tertiary/aromatic N) is 1. The van der Waals surface area contributed by atoms with E-state index in [0.29, 0.717) is 31.8 Å². The van der Waals surface area contributed by atoms with Gasteiger partial charge in [-0.1, -0.05) is 23.7 Å². The van der Waals surface area contributed by atoms with Crippen molar-refractivity contribution < 1.29 is 9.13 Å². The molecule has 1 aliphatic heterocycles. The molecule has 1 atom stereocenters. The van der Waals surface area contributed by atoms with Crippen LogP contribution in [0.3, 0.4) is 0 Å². The molecule has 0 spiro atoms. The highest BCUT2D eigenvalue weighted by Gasteiger charge is 2.23. The van der Waals surface area contributed by atoms with E-state index in [4.69, 9.17) is 27.5 Å². The van der Waals surface area contributed by atoms with E-state index in [1.54, 1.807) is 12.1 Å². The van der Waals surface area contributed by atoms with Crippen molar-refractivity contribution in [1.82, 2.24) is 4.90 Å². The molecule has 2 rings (SSSR count). The minimum absolute atomic E-state index is 0.00580. The second kappa shape index (κ2) is 5.65. The fourth-order valence-electron chi connectivity index (χ4n) is 1.95. The Morgan fingerprint density at radius 1 is 1.61 bits per heavy atom.